The van der Waals surface area contributed by atoms with Gasteiger partial charge in [0.25, 0.3) is 0 Å². The lowest BCUT2D eigenvalue weighted by Crippen LogP contribution is -2.63. The van der Waals surface area contributed by atoms with Crippen molar-refractivity contribution in [3.63, 3.8) is 0 Å². The van der Waals surface area contributed by atoms with Crippen molar-refractivity contribution < 1.29 is 0 Å². The van der Waals surface area contributed by atoms with Crippen LogP contribution in [0.3, 0.4) is 0 Å². The summed E-state index contributed by atoms with van der Waals surface area (Å²) in [6.07, 6.45) is 12.0. The van der Waals surface area contributed by atoms with Gasteiger partial charge in [-0.1, -0.05) is 19.8 Å². The summed E-state index contributed by atoms with van der Waals surface area (Å²) >= 11 is 0. The molecule has 108 valence electrons. The first-order valence-corrected chi connectivity index (χ1v) is 8.64. The molecule has 0 aromatic carbocycles. The molecule has 2 heterocycles. The predicted octanol–water partition coefficient (Wildman–Crippen LogP) is 3.03. The largest absolute Gasteiger partial charge is 0.316 e. The van der Waals surface area contributed by atoms with E-state index < -0.39 is 0 Å². The first kappa shape index (κ1) is 12.6. The average molecular weight is 262 g/mol. The van der Waals surface area contributed by atoms with Crippen LogP contribution in [0.4, 0.5) is 0 Å². The fraction of sp³-hybridized carbons (Fsp3) is 1.00. The maximum absolute atomic E-state index is 3.48. The quantitative estimate of drug-likeness (QED) is 0.781. The van der Waals surface area contributed by atoms with Gasteiger partial charge in [0.05, 0.1) is 0 Å². The first-order valence-electron chi connectivity index (χ1n) is 8.64. The molecule has 0 aromatic rings. The molecule has 1 N–H and O–H groups in total. The van der Waals surface area contributed by atoms with Crippen molar-refractivity contribution in [3.05, 3.63) is 0 Å². The van der Waals surface area contributed by atoms with E-state index in [0.717, 1.165) is 22.8 Å². The van der Waals surface area contributed by atoms with Gasteiger partial charge in [0.15, 0.2) is 0 Å². The summed E-state index contributed by atoms with van der Waals surface area (Å²) in [6, 6.07) is 0.941. The predicted molar refractivity (Wildman–Crippen MR) is 79.2 cm³/mol. The molecule has 0 aromatic heterocycles. The summed E-state index contributed by atoms with van der Waals surface area (Å²) in [5.74, 6) is 1.00. The Labute approximate surface area is 118 Å². The van der Waals surface area contributed by atoms with Crippen LogP contribution < -0.4 is 5.32 Å². The molecule has 2 heteroatoms. The molecular formula is C17H30N2. The minimum atomic E-state index is 0.735. The lowest BCUT2D eigenvalue weighted by atomic mass is 9.63. The van der Waals surface area contributed by atoms with Crippen LogP contribution in [0.2, 0.25) is 0 Å². The molecule has 0 bridgehead atoms. The van der Waals surface area contributed by atoms with E-state index in [4.69, 9.17) is 0 Å². The van der Waals surface area contributed by atoms with Gasteiger partial charge in [-0.3, -0.25) is 4.90 Å². The minimum absolute atomic E-state index is 0.735. The standard InChI is InChI=1S/C17H30N2/c1-14-2-6-17(7-3-14)12-19(13-17)15-4-8-16(9-5-15)10-18-11-16/h14-15,18H,2-13H2,1H3. The van der Waals surface area contributed by atoms with Crippen molar-refractivity contribution >= 4 is 0 Å². The fourth-order valence-electron chi connectivity index (χ4n) is 5.18. The Morgan fingerprint density at radius 3 is 1.95 bits per heavy atom. The van der Waals surface area contributed by atoms with E-state index >= 15 is 0 Å². The van der Waals surface area contributed by atoms with Crippen molar-refractivity contribution in [2.75, 3.05) is 26.2 Å². The summed E-state index contributed by atoms with van der Waals surface area (Å²) < 4.78 is 0. The van der Waals surface area contributed by atoms with Crippen LogP contribution in [-0.4, -0.2) is 37.1 Å². The molecule has 0 amide bonds. The highest BCUT2D eigenvalue weighted by molar-refractivity contribution is 5.03. The molecule has 2 aliphatic heterocycles. The second-order valence-electron chi connectivity index (χ2n) is 8.42. The van der Waals surface area contributed by atoms with Crippen LogP contribution in [0.5, 0.6) is 0 Å². The Morgan fingerprint density at radius 1 is 0.842 bits per heavy atom. The maximum atomic E-state index is 3.48. The van der Waals surface area contributed by atoms with Gasteiger partial charge in [0.2, 0.25) is 0 Å². The third-order valence-corrected chi connectivity index (χ3v) is 6.94. The number of nitrogens with zero attached hydrogens (tertiary/aromatic N) is 1. The number of nitrogens with one attached hydrogen (secondary N) is 1. The van der Waals surface area contributed by atoms with Crippen LogP contribution in [0.15, 0.2) is 0 Å². The molecule has 0 atom stereocenters. The smallest absolute Gasteiger partial charge is 0.00961 e. The van der Waals surface area contributed by atoms with Crippen LogP contribution in [0.25, 0.3) is 0 Å². The second-order valence-corrected chi connectivity index (χ2v) is 8.42. The number of hydrogen-bond acceptors (Lipinski definition) is 2. The van der Waals surface area contributed by atoms with E-state index in [2.05, 4.69) is 17.1 Å². The summed E-state index contributed by atoms with van der Waals surface area (Å²) in [6.45, 7) is 7.94. The monoisotopic (exact) mass is 262 g/mol. The number of rotatable bonds is 1. The highest BCUT2D eigenvalue weighted by atomic mass is 15.2. The van der Waals surface area contributed by atoms with Crippen LogP contribution in [-0.2, 0) is 0 Å². The van der Waals surface area contributed by atoms with Crippen molar-refractivity contribution in [1.29, 1.82) is 0 Å². The zero-order chi connectivity index (χ0) is 12.9. The van der Waals surface area contributed by atoms with E-state index in [9.17, 15) is 0 Å². The molecule has 0 unspecified atom stereocenters. The minimum Gasteiger partial charge on any atom is -0.316 e. The van der Waals surface area contributed by atoms with Gasteiger partial charge < -0.3 is 5.32 Å². The molecule has 4 fully saturated rings. The van der Waals surface area contributed by atoms with E-state index in [0.29, 0.717) is 0 Å². The molecule has 2 aliphatic carbocycles. The van der Waals surface area contributed by atoms with E-state index in [1.54, 1.807) is 0 Å². The Balaban J connectivity index is 1.27. The van der Waals surface area contributed by atoms with Gasteiger partial charge in [-0.05, 0) is 55.3 Å². The summed E-state index contributed by atoms with van der Waals surface area (Å²) in [5.41, 5.74) is 1.50. The van der Waals surface area contributed by atoms with E-state index in [1.807, 2.05) is 0 Å². The lowest BCUT2D eigenvalue weighted by Gasteiger charge is -2.58. The number of hydrogen-bond donors (Lipinski definition) is 1. The van der Waals surface area contributed by atoms with Gasteiger partial charge in [0, 0.05) is 32.2 Å². The molecule has 0 radical (unpaired) electrons. The fourth-order valence-corrected chi connectivity index (χ4v) is 5.18. The van der Waals surface area contributed by atoms with Crippen molar-refractivity contribution in [2.24, 2.45) is 16.7 Å². The Hall–Kier alpha value is -0.0800. The Morgan fingerprint density at radius 2 is 1.42 bits per heavy atom. The summed E-state index contributed by atoms with van der Waals surface area (Å²) in [7, 11) is 0. The van der Waals surface area contributed by atoms with Crippen molar-refractivity contribution in [3.8, 4) is 0 Å². The second kappa shape index (κ2) is 4.46. The van der Waals surface area contributed by atoms with Gasteiger partial charge in [0.1, 0.15) is 0 Å². The SMILES string of the molecule is CC1CCC2(CC1)CN(C1CCC3(CC1)CNC3)C2. The first-order chi connectivity index (χ1) is 9.19. The van der Waals surface area contributed by atoms with Crippen molar-refractivity contribution in [2.45, 2.75) is 64.3 Å². The molecule has 2 spiro atoms. The molecule has 4 aliphatic rings. The molecule has 2 saturated heterocycles. The average Bonchev–Trinajstić information content (AvgIpc) is 2.36. The van der Waals surface area contributed by atoms with Gasteiger partial charge >= 0.3 is 0 Å². The molecular weight excluding hydrogens is 232 g/mol. The third kappa shape index (κ3) is 2.15. The summed E-state index contributed by atoms with van der Waals surface area (Å²) in [4.78, 5) is 2.84. The highest BCUT2D eigenvalue weighted by Crippen LogP contribution is 2.49. The topological polar surface area (TPSA) is 15.3 Å². The summed E-state index contributed by atoms with van der Waals surface area (Å²) in [5, 5.41) is 3.48. The Bertz CT molecular complexity index is 321. The van der Waals surface area contributed by atoms with Gasteiger partial charge in [-0.2, -0.15) is 0 Å². The zero-order valence-corrected chi connectivity index (χ0v) is 12.6. The van der Waals surface area contributed by atoms with Gasteiger partial charge in [-0.25, -0.2) is 0 Å². The lowest BCUT2D eigenvalue weighted by molar-refractivity contribution is -0.0805. The van der Waals surface area contributed by atoms with E-state index in [-0.39, 0.29) is 0 Å². The zero-order valence-electron chi connectivity index (χ0n) is 12.6. The molecule has 4 rings (SSSR count). The van der Waals surface area contributed by atoms with Crippen molar-refractivity contribution in [1.82, 2.24) is 10.2 Å². The molecule has 2 saturated carbocycles. The van der Waals surface area contributed by atoms with Crippen LogP contribution in [0, 0.1) is 16.7 Å². The molecule has 2 nitrogen and oxygen atoms in total. The van der Waals surface area contributed by atoms with Crippen LogP contribution >= 0.6 is 0 Å². The highest BCUT2D eigenvalue weighted by Gasteiger charge is 2.48. The normalized spacial score (nSPS) is 38.1. The maximum Gasteiger partial charge on any atom is 0.00961 e. The van der Waals surface area contributed by atoms with E-state index in [1.165, 1.54) is 77.5 Å². The number of likely N-dealkylation sites (tertiary alicyclic amines) is 1. The molecule has 19 heavy (non-hydrogen) atoms. The van der Waals surface area contributed by atoms with Crippen LogP contribution in [0.1, 0.15) is 58.3 Å². The van der Waals surface area contributed by atoms with Gasteiger partial charge in [-0.15, -0.1) is 0 Å². The third-order valence-electron chi connectivity index (χ3n) is 6.94. The Kier molecular flexibility index (Phi) is 2.97.